The molecule has 2 saturated heterocycles. The van der Waals surface area contributed by atoms with Crippen molar-refractivity contribution in [2.75, 3.05) is 22.9 Å². The van der Waals surface area contributed by atoms with Gasteiger partial charge < -0.3 is 14.2 Å². The third-order valence-electron chi connectivity index (χ3n) is 13.3. The molecule has 3 N–H and O–H groups in total. The van der Waals surface area contributed by atoms with Crippen LogP contribution < -0.4 is 21.1 Å². The van der Waals surface area contributed by atoms with E-state index in [2.05, 4.69) is 10.2 Å². The topological polar surface area (TPSA) is 223 Å². The molecule has 384 valence electrons. The molecule has 4 aliphatic rings. The molecule has 2 saturated carbocycles. The molecule has 4 aromatic carbocycles. The van der Waals surface area contributed by atoms with E-state index in [1.165, 1.54) is 58.3 Å². The number of carbonyl (C=O) groups excluding carboxylic acids is 5. The predicted octanol–water partition coefficient (Wildman–Crippen LogP) is 6.96. The number of anilines is 2. The summed E-state index contributed by atoms with van der Waals surface area (Å²) in [5.41, 5.74) is -2.57. The minimum atomic E-state index is -4.56. The molecule has 9 rings (SSSR count). The van der Waals surface area contributed by atoms with E-state index in [1.807, 2.05) is 5.43 Å². The largest absolute Gasteiger partial charge is 0.419 e. The molecule has 0 bridgehead atoms. The van der Waals surface area contributed by atoms with Crippen molar-refractivity contribution < 1.29 is 72.3 Å². The first-order valence-corrected chi connectivity index (χ1v) is 22.0. The molecule has 5 aromatic rings. The van der Waals surface area contributed by atoms with Crippen molar-refractivity contribution in [1.82, 2.24) is 25.4 Å². The molecule has 4 fully saturated rings. The van der Waals surface area contributed by atoms with Crippen molar-refractivity contribution in [3.8, 4) is 12.1 Å². The number of halogens is 10. The van der Waals surface area contributed by atoms with Gasteiger partial charge in [-0.2, -0.15) is 45.6 Å². The number of amides is 5. The molecule has 0 atom stereocenters. The van der Waals surface area contributed by atoms with E-state index in [-0.39, 0.29) is 67.2 Å². The van der Waals surface area contributed by atoms with Gasteiger partial charge in [0.2, 0.25) is 23.6 Å². The molecule has 0 radical (unpaired) electrons. The minimum absolute atomic E-state index is 0.000569. The molecule has 1 aromatic heterocycles. The Hall–Kier alpha value is -8.39. The van der Waals surface area contributed by atoms with Gasteiger partial charge in [0.05, 0.1) is 45.8 Å². The van der Waals surface area contributed by atoms with E-state index < -0.39 is 113 Å². The molecule has 2 aliphatic heterocycles. The number of hydrogen-bond donors (Lipinski definition) is 2. The zero-order chi connectivity index (χ0) is 53.7. The SMILES string of the molecule is N#Cc1ccc(N2CC(=O)N(Cc3ccc(C(F)(F)F)cc3)C3(CC(C(=O)NN)C3)C2=O)c(F)c1.N#Cc1ccc(N2CC(=O)N(Cc3ccc(C(F)(F)F)cc3)C3(CC(c4nnc(C(F)F)o4)C3)C2=O)c(F)c1. The molecule has 0 unspecified atom stereocenters. The van der Waals surface area contributed by atoms with Gasteiger partial charge in [-0.05, 0) is 97.5 Å². The van der Waals surface area contributed by atoms with Crippen molar-refractivity contribution in [3.05, 3.63) is 142 Å². The number of nitrogens with one attached hydrogen (secondary N) is 1. The Bertz CT molecular complexity index is 3120. The summed E-state index contributed by atoms with van der Waals surface area (Å²) in [7, 11) is 0. The lowest BCUT2D eigenvalue weighted by Crippen LogP contribution is -2.74. The number of rotatable bonds is 9. The summed E-state index contributed by atoms with van der Waals surface area (Å²) in [6.45, 7) is -1.49. The van der Waals surface area contributed by atoms with Gasteiger partial charge in [0.15, 0.2) is 0 Å². The molecular formula is C48H36F10N10O6. The van der Waals surface area contributed by atoms with Crippen LogP contribution in [0.25, 0.3) is 0 Å². The molecular weight excluding hydrogens is 1000 g/mol. The van der Waals surface area contributed by atoms with Crippen LogP contribution in [0.4, 0.5) is 55.3 Å². The zero-order valence-corrected chi connectivity index (χ0v) is 37.9. The maximum Gasteiger partial charge on any atom is 0.416 e. The van der Waals surface area contributed by atoms with E-state index in [0.29, 0.717) is 11.1 Å². The Balaban J connectivity index is 0.000000198. The fourth-order valence-corrected chi connectivity index (χ4v) is 9.50. The number of carbonyl (C=O) groups is 5. The molecule has 5 amide bonds. The fourth-order valence-electron chi connectivity index (χ4n) is 9.50. The Morgan fingerprint density at radius 1 is 0.689 bits per heavy atom. The lowest BCUT2D eigenvalue weighted by Gasteiger charge is -2.56. The molecule has 74 heavy (non-hydrogen) atoms. The van der Waals surface area contributed by atoms with E-state index in [0.717, 1.165) is 46.2 Å². The van der Waals surface area contributed by atoms with Crippen LogP contribution in [0.3, 0.4) is 0 Å². The lowest BCUT2D eigenvalue weighted by atomic mass is 9.64. The Labute approximate surface area is 411 Å². The monoisotopic (exact) mass is 1040 g/mol. The molecule has 2 aliphatic carbocycles. The summed E-state index contributed by atoms with van der Waals surface area (Å²) < 4.78 is 138. The summed E-state index contributed by atoms with van der Waals surface area (Å²) in [6.07, 6.45) is -12.5. The predicted molar refractivity (Wildman–Crippen MR) is 233 cm³/mol. The molecule has 3 heterocycles. The lowest BCUT2D eigenvalue weighted by molar-refractivity contribution is -0.165. The number of alkyl halides is 8. The van der Waals surface area contributed by atoms with Gasteiger partial charge in [0, 0.05) is 24.9 Å². The van der Waals surface area contributed by atoms with Crippen LogP contribution in [0.1, 0.15) is 83.2 Å². The first kappa shape index (κ1) is 51.9. The van der Waals surface area contributed by atoms with Crippen molar-refractivity contribution in [2.45, 2.75) is 74.5 Å². The van der Waals surface area contributed by atoms with Gasteiger partial charge in [0.25, 0.3) is 17.7 Å². The second kappa shape index (κ2) is 19.6. The summed E-state index contributed by atoms with van der Waals surface area (Å²) in [5, 5.41) is 24.9. The van der Waals surface area contributed by atoms with Crippen molar-refractivity contribution in [1.29, 1.82) is 10.5 Å². The maximum absolute atomic E-state index is 14.8. The maximum atomic E-state index is 14.8. The first-order chi connectivity index (χ1) is 34.9. The van der Waals surface area contributed by atoms with Gasteiger partial charge in [-0.3, -0.25) is 39.2 Å². The third-order valence-corrected chi connectivity index (χ3v) is 13.3. The highest BCUT2D eigenvalue weighted by Crippen LogP contribution is 2.52. The van der Waals surface area contributed by atoms with Crippen LogP contribution >= 0.6 is 0 Å². The number of benzene rings is 4. The summed E-state index contributed by atoms with van der Waals surface area (Å²) >= 11 is 0. The first-order valence-electron chi connectivity index (χ1n) is 22.0. The van der Waals surface area contributed by atoms with Gasteiger partial charge in [-0.25, -0.2) is 14.6 Å². The summed E-state index contributed by atoms with van der Waals surface area (Å²) in [6, 6.07) is 18.7. The van der Waals surface area contributed by atoms with E-state index in [1.54, 1.807) is 12.1 Å². The average Bonchev–Trinajstić information content (AvgIpc) is 3.83. The second-order valence-electron chi connectivity index (χ2n) is 17.7. The average molecular weight is 1040 g/mol. The second-order valence-corrected chi connectivity index (χ2v) is 17.7. The quantitative estimate of drug-likeness (QED) is 0.0665. The number of hydrazine groups is 1. The molecule has 2 spiro atoms. The van der Waals surface area contributed by atoms with Gasteiger partial charge in [-0.15, -0.1) is 10.2 Å². The van der Waals surface area contributed by atoms with Crippen molar-refractivity contribution in [3.63, 3.8) is 0 Å². The fraction of sp³-hybridized carbons (Fsp3) is 0.312. The van der Waals surface area contributed by atoms with Gasteiger partial charge >= 0.3 is 18.8 Å². The number of hydrogen-bond acceptors (Lipinski definition) is 11. The standard InChI is InChI=1S/C25H17F6N5O3.C23H19F4N5O3/c26-17-7-14(10-32)3-6-18(17)35-12-19(37)36(11-13-1-4-16(5-2-13)25(29,30)31)24(23(35)38)8-15(9-24)21-33-34-22(39-21)20(27)28;24-17-7-14(10-28)3-6-18(17)31-12-19(33)32(11-13-1-4-16(5-2-13)23(25,26)27)22(21(31)35)8-15(9-22)20(34)30-29/h1-7,15,20H,8-9,11-12H2;1-7,15H,8-9,11-12,29H2,(H,30,34). The highest BCUT2D eigenvalue weighted by atomic mass is 19.4. The van der Waals surface area contributed by atoms with Crippen LogP contribution in [-0.4, -0.2) is 73.7 Å². The van der Waals surface area contributed by atoms with Crippen LogP contribution in [-0.2, 0) is 49.4 Å². The van der Waals surface area contributed by atoms with Gasteiger partial charge in [0.1, 0.15) is 35.8 Å². The summed E-state index contributed by atoms with van der Waals surface area (Å²) in [4.78, 5) is 70.4. The molecule has 26 heteroatoms. The number of piperazine rings is 2. The van der Waals surface area contributed by atoms with E-state index >= 15 is 0 Å². The smallest absolute Gasteiger partial charge is 0.416 e. The van der Waals surface area contributed by atoms with Crippen molar-refractivity contribution in [2.24, 2.45) is 11.8 Å². The number of nitriles is 2. The Morgan fingerprint density at radius 2 is 1.11 bits per heavy atom. The van der Waals surface area contributed by atoms with Crippen LogP contribution in [0, 0.1) is 40.2 Å². The van der Waals surface area contributed by atoms with E-state index in [9.17, 15) is 67.9 Å². The van der Waals surface area contributed by atoms with Crippen LogP contribution in [0.5, 0.6) is 0 Å². The highest BCUT2D eigenvalue weighted by Gasteiger charge is 2.63. The third kappa shape index (κ3) is 9.67. The number of nitrogens with zero attached hydrogens (tertiary/aromatic N) is 8. The Kier molecular flexibility index (Phi) is 13.7. The molecule has 16 nitrogen and oxygen atoms in total. The Morgan fingerprint density at radius 3 is 1.46 bits per heavy atom. The van der Waals surface area contributed by atoms with E-state index in [4.69, 9.17) is 20.8 Å². The van der Waals surface area contributed by atoms with Crippen LogP contribution in [0.2, 0.25) is 0 Å². The highest BCUT2D eigenvalue weighted by molar-refractivity contribution is 6.11. The minimum Gasteiger partial charge on any atom is -0.419 e. The number of aromatic nitrogens is 2. The summed E-state index contributed by atoms with van der Waals surface area (Å²) in [5.74, 6) is -2.04. The zero-order valence-electron chi connectivity index (χ0n) is 37.9. The number of nitrogens with two attached hydrogens (primary N) is 1. The van der Waals surface area contributed by atoms with Crippen molar-refractivity contribution >= 4 is 40.9 Å². The normalized spacial score (nSPS) is 21.8. The van der Waals surface area contributed by atoms with Crippen LogP contribution in [0.15, 0.2) is 89.3 Å². The van der Waals surface area contributed by atoms with Gasteiger partial charge in [-0.1, -0.05) is 24.3 Å².